The van der Waals surface area contributed by atoms with Gasteiger partial charge >= 0.3 is 18.0 Å². The van der Waals surface area contributed by atoms with E-state index in [0.717, 1.165) is 11.3 Å². The minimum absolute atomic E-state index is 0.00829. The summed E-state index contributed by atoms with van der Waals surface area (Å²) in [7, 11) is 0. The maximum atomic E-state index is 11.6. The first kappa shape index (κ1) is 18.8. The minimum Gasteiger partial charge on any atom is -0.480 e. The van der Waals surface area contributed by atoms with Crippen molar-refractivity contribution in [1.29, 1.82) is 0 Å². The Morgan fingerprint density at radius 2 is 1.91 bits per heavy atom. The van der Waals surface area contributed by atoms with E-state index in [-0.39, 0.29) is 10.8 Å². The molecule has 1 aromatic heterocycles. The van der Waals surface area contributed by atoms with Crippen molar-refractivity contribution in [3.63, 3.8) is 0 Å². The summed E-state index contributed by atoms with van der Waals surface area (Å²) in [5.74, 6) is -3.08. The lowest BCUT2D eigenvalue weighted by atomic mass is 10.1. The van der Waals surface area contributed by atoms with E-state index >= 15 is 0 Å². The molecule has 5 N–H and O–H groups in total. The van der Waals surface area contributed by atoms with Crippen LogP contribution in [0.4, 0.5) is 9.93 Å². The Hall–Kier alpha value is -2.24. The van der Waals surface area contributed by atoms with Gasteiger partial charge in [-0.3, -0.25) is 15.4 Å². The molecule has 1 amide bonds. The first-order valence-corrected chi connectivity index (χ1v) is 7.20. The Bertz CT molecular complexity index is 610. The number of carbonyl (C=O) groups is 3. The summed E-state index contributed by atoms with van der Waals surface area (Å²) in [6, 6.07) is 0. The Morgan fingerprint density at radius 3 is 2.39 bits per heavy atom. The predicted molar refractivity (Wildman–Crippen MR) is 79.1 cm³/mol. The third-order valence-electron chi connectivity index (χ3n) is 2.29. The summed E-state index contributed by atoms with van der Waals surface area (Å²) >= 11 is 0.849. The largest absolute Gasteiger partial charge is 0.480 e. The van der Waals surface area contributed by atoms with Crippen LogP contribution < -0.4 is 10.6 Å². The second-order valence-electron chi connectivity index (χ2n) is 5.43. The summed E-state index contributed by atoms with van der Waals surface area (Å²) in [5.41, 5.74) is -3.78. The van der Waals surface area contributed by atoms with E-state index in [1.807, 2.05) is 5.32 Å². The smallest absolute Gasteiger partial charge is 0.413 e. The van der Waals surface area contributed by atoms with Crippen molar-refractivity contribution in [3.05, 3.63) is 11.1 Å². The maximum absolute atomic E-state index is 11.6. The molecule has 0 spiro atoms. The molecule has 0 aliphatic carbocycles. The zero-order chi connectivity index (χ0) is 17.8. The number of aromatic nitrogens is 1. The molecule has 0 saturated carbocycles. The maximum Gasteiger partial charge on any atom is 0.413 e. The van der Waals surface area contributed by atoms with Gasteiger partial charge in [-0.05, 0) is 20.8 Å². The molecule has 0 fully saturated rings. The molecule has 0 aliphatic heterocycles. The van der Waals surface area contributed by atoms with Crippen LogP contribution >= 0.6 is 11.3 Å². The van der Waals surface area contributed by atoms with Gasteiger partial charge < -0.3 is 20.1 Å². The van der Waals surface area contributed by atoms with Crippen LogP contribution in [0.1, 0.15) is 26.5 Å². The molecule has 23 heavy (non-hydrogen) atoms. The van der Waals surface area contributed by atoms with E-state index in [4.69, 9.17) is 14.9 Å². The molecular weight excluding hydrogens is 330 g/mol. The molecule has 0 radical (unpaired) electrons. The molecule has 10 nitrogen and oxygen atoms in total. The fourth-order valence-electron chi connectivity index (χ4n) is 1.37. The summed E-state index contributed by atoms with van der Waals surface area (Å²) in [6.45, 7) is 4.20. The van der Waals surface area contributed by atoms with E-state index in [2.05, 4.69) is 10.3 Å². The van der Waals surface area contributed by atoms with Gasteiger partial charge in [0.2, 0.25) is 0 Å². The predicted octanol–water partition coefficient (Wildman–Crippen LogP) is 0.394. The molecule has 0 aromatic carbocycles. The molecule has 11 heteroatoms. The van der Waals surface area contributed by atoms with Crippen LogP contribution in [0.25, 0.3) is 0 Å². The topological polar surface area (TPSA) is 158 Å². The van der Waals surface area contributed by atoms with Gasteiger partial charge in [0, 0.05) is 5.38 Å². The highest BCUT2D eigenvalue weighted by molar-refractivity contribution is 7.13. The second kappa shape index (κ2) is 6.89. The van der Waals surface area contributed by atoms with Gasteiger partial charge in [0.25, 0.3) is 5.72 Å². The van der Waals surface area contributed by atoms with Gasteiger partial charge in [-0.15, -0.1) is 11.3 Å². The quantitative estimate of drug-likeness (QED) is 0.459. The second-order valence-corrected chi connectivity index (χ2v) is 6.29. The minimum atomic E-state index is -2.69. The van der Waals surface area contributed by atoms with Gasteiger partial charge in [0.15, 0.2) is 5.13 Å². The lowest BCUT2D eigenvalue weighted by molar-refractivity contribution is -0.165. The van der Waals surface area contributed by atoms with E-state index in [1.54, 1.807) is 20.8 Å². The number of aliphatic hydroxyl groups is 1. The highest BCUT2D eigenvalue weighted by Gasteiger charge is 2.41. The fourth-order valence-corrected chi connectivity index (χ4v) is 2.11. The number of nitrogens with one attached hydrogen (secondary N) is 2. The Morgan fingerprint density at radius 1 is 1.30 bits per heavy atom. The number of aliphatic carboxylic acids is 2. The van der Waals surface area contributed by atoms with Crippen LogP contribution in [0.3, 0.4) is 0 Å². The average molecular weight is 347 g/mol. The highest BCUT2D eigenvalue weighted by Crippen LogP contribution is 2.24. The van der Waals surface area contributed by atoms with Crippen LogP contribution in [0.5, 0.6) is 0 Å². The number of hydrogen-bond donors (Lipinski definition) is 5. The normalized spacial score (nSPS) is 13.9. The Balaban J connectivity index is 2.89. The van der Waals surface area contributed by atoms with Crippen molar-refractivity contribution in [2.45, 2.75) is 32.1 Å². The van der Waals surface area contributed by atoms with Crippen molar-refractivity contribution in [1.82, 2.24) is 10.3 Å². The molecule has 1 aromatic rings. The van der Waals surface area contributed by atoms with Crippen LogP contribution in [-0.2, 0) is 20.1 Å². The Labute approximate surface area is 135 Å². The number of carboxylic acid groups (broad SMARTS) is 2. The van der Waals surface area contributed by atoms with Crippen LogP contribution in [0.15, 0.2) is 5.38 Å². The van der Waals surface area contributed by atoms with E-state index in [1.165, 1.54) is 5.38 Å². The molecule has 1 atom stereocenters. The standard InChI is InChI=1S/C12H17N3O7S/c1-11(2,3)22-10(20)15-9-14-6(5-23-9)12(21,8(18)19)13-4-7(16)17/h5,13,21H,4H2,1-3H3,(H,16,17)(H,18,19)(H,14,15,20). The lowest BCUT2D eigenvalue weighted by Crippen LogP contribution is -2.51. The number of ether oxygens (including phenoxy) is 1. The zero-order valence-electron chi connectivity index (χ0n) is 12.6. The molecule has 1 unspecified atom stereocenters. The highest BCUT2D eigenvalue weighted by atomic mass is 32.1. The van der Waals surface area contributed by atoms with E-state index in [0.29, 0.717) is 0 Å². The molecule has 0 saturated heterocycles. The van der Waals surface area contributed by atoms with Crippen molar-refractivity contribution in [3.8, 4) is 0 Å². The number of amides is 1. The zero-order valence-corrected chi connectivity index (χ0v) is 13.4. The SMILES string of the molecule is CC(C)(C)OC(=O)Nc1nc(C(O)(NCC(=O)O)C(=O)O)cs1. The molecule has 1 rings (SSSR count). The number of carboxylic acids is 2. The average Bonchev–Trinajstić information content (AvgIpc) is 2.81. The van der Waals surface area contributed by atoms with Gasteiger partial charge in [-0.25, -0.2) is 14.6 Å². The third kappa shape index (κ3) is 5.47. The van der Waals surface area contributed by atoms with Crippen molar-refractivity contribution in [2.75, 3.05) is 11.9 Å². The van der Waals surface area contributed by atoms with E-state index in [9.17, 15) is 19.5 Å². The molecule has 0 bridgehead atoms. The number of carbonyl (C=O) groups excluding carboxylic acids is 1. The first-order valence-electron chi connectivity index (χ1n) is 6.32. The third-order valence-corrected chi connectivity index (χ3v) is 3.05. The first-order chi connectivity index (χ1) is 10.4. The fraction of sp³-hybridized carbons (Fsp3) is 0.500. The summed E-state index contributed by atoms with van der Waals surface area (Å²) in [6.07, 6.45) is -0.796. The van der Waals surface area contributed by atoms with Crippen molar-refractivity contribution in [2.24, 2.45) is 0 Å². The van der Waals surface area contributed by atoms with Crippen molar-refractivity contribution < 1.29 is 34.4 Å². The van der Waals surface area contributed by atoms with Crippen LogP contribution in [0.2, 0.25) is 0 Å². The summed E-state index contributed by atoms with van der Waals surface area (Å²) in [4.78, 5) is 37.1. The molecular formula is C12H17N3O7S. The molecule has 1 heterocycles. The van der Waals surface area contributed by atoms with Gasteiger partial charge in [0.1, 0.15) is 11.3 Å². The number of hydrogen-bond acceptors (Lipinski definition) is 8. The number of thiazole rings is 1. The number of nitrogens with zero attached hydrogens (tertiary/aromatic N) is 1. The van der Waals surface area contributed by atoms with Gasteiger partial charge in [-0.1, -0.05) is 0 Å². The molecule has 128 valence electrons. The summed E-state index contributed by atoms with van der Waals surface area (Å²) < 4.78 is 5.01. The van der Waals surface area contributed by atoms with E-state index < -0.39 is 35.9 Å². The van der Waals surface area contributed by atoms with Crippen LogP contribution in [-0.4, -0.2) is 50.5 Å². The van der Waals surface area contributed by atoms with Crippen molar-refractivity contribution >= 4 is 34.5 Å². The number of rotatable bonds is 6. The monoisotopic (exact) mass is 347 g/mol. The van der Waals surface area contributed by atoms with Gasteiger partial charge in [0.05, 0.1) is 6.54 Å². The lowest BCUT2D eigenvalue weighted by Gasteiger charge is -2.21. The molecule has 0 aliphatic rings. The summed E-state index contributed by atoms with van der Waals surface area (Å²) in [5, 5.41) is 33.2. The van der Waals surface area contributed by atoms with Crippen LogP contribution in [0, 0.1) is 0 Å². The Kier molecular flexibility index (Phi) is 5.64. The number of anilines is 1. The van der Waals surface area contributed by atoms with Gasteiger partial charge in [-0.2, -0.15) is 0 Å².